The third kappa shape index (κ3) is 4.30. The molecule has 1 saturated heterocycles. The molecule has 0 aliphatic carbocycles. The summed E-state index contributed by atoms with van der Waals surface area (Å²) in [5.41, 5.74) is 1.87. The first-order chi connectivity index (χ1) is 11.5. The Morgan fingerprint density at radius 1 is 1.17 bits per heavy atom. The monoisotopic (exact) mass is 486 g/mol. The van der Waals surface area contributed by atoms with Gasteiger partial charge in [0.15, 0.2) is 0 Å². The number of amides is 1. The largest absolute Gasteiger partial charge is 0.367 e. The third-order valence-corrected chi connectivity index (χ3v) is 5.68. The van der Waals surface area contributed by atoms with Crippen molar-refractivity contribution in [3.63, 3.8) is 0 Å². The number of carbonyl (C=O) groups is 1. The summed E-state index contributed by atoms with van der Waals surface area (Å²) < 4.78 is 1.71. The van der Waals surface area contributed by atoms with Gasteiger partial charge in [0.2, 0.25) is 0 Å². The Morgan fingerprint density at radius 3 is 2.50 bits per heavy atom. The SMILES string of the molecule is O=C1/C(=C/c2ccc(I)cc2)SC(=S)N1CNc1ccc(Cl)cc1. The Balaban J connectivity index is 1.69. The van der Waals surface area contributed by atoms with Crippen LogP contribution < -0.4 is 5.32 Å². The van der Waals surface area contributed by atoms with Gasteiger partial charge in [0.1, 0.15) is 4.32 Å². The molecule has 0 aromatic heterocycles. The molecule has 7 heteroatoms. The maximum atomic E-state index is 12.5. The van der Waals surface area contributed by atoms with Crippen molar-refractivity contribution >= 4 is 80.2 Å². The van der Waals surface area contributed by atoms with Gasteiger partial charge in [-0.1, -0.05) is 47.7 Å². The summed E-state index contributed by atoms with van der Waals surface area (Å²) in [5, 5.41) is 3.86. The molecule has 1 amide bonds. The molecule has 24 heavy (non-hydrogen) atoms. The fourth-order valence-corrected chi connectivity index (χ4v) is 3.83. The molecule has 0 atom stereocenters. The molecule has 1 N–H and O–H groups in total. The van der Waals surface area contributed by atoms with Crippen LogP contribution in [-0.2, 0) is 4.79 Å². The quantitative estimate of drug-likeness (QED) is 0.365. The fourth-order valence-electron chi connectivity index (χ4n) is 2.08. The molecule has 1 fully saturated rings. The van der Waals surface area contributed by atoms with Crippen molar-refractivity contribution in [1.82, 2.24) is 4.90 Å². The highest BCUT2D eigenvalue weighted by Crippen LogP contribution is 2.32. The van der Waals surface area contributed by atoms with Crippen LogP contribution in [0.3, 0.4) is 0 Å². The number of rotatable bonds is 4. The van der Waals surface area contributed by atoms with Crippen molar-refractivity contribution in [2.24, 2.45) is 0 Å². The molecule has 0 radical (unpaired) electrons. The number of nitrogens with zero attached hydrogens (tertiary/aromatic N) is 1. The molecule has 2 aromatic rings. The second kappa shape index (κ2) is 7.86. The molecule has 122 valence electrons. The van der Waals surface area contributed by atoms with E-state index in [0.29, 0.717) is 20.9 Å². The minimum atomic E-state index is -0.0787. The van der Waals surface area contributed by atoms with Crippen LogP contribution in [-0.4, -0.2) is 21.8 Å². The van der Waals surface area contributed by atoms with E-state index in [1.807, 2.05) is 42.5 Å². The zero-order chi connectivity index (χ0) is 17.1. The van der Waals surface area contributed by atoms with Gasteiger partial charge < -0.3 is 5.32 Å². The molecule has 0 unspecified atom stereocenters. The van der Waals surface area contributed by atoms with Gasteiger partial charge in [0, 0.05) is 14.3 Å². The van der Waals surface area contributed by atoms with E-state index in [9.17, 15) is 4.79 Å². The number of thiocarbonyl (C=S) groups is 1. The lowest BCUT2D eigenvalue weighted by molar-refractivity contribution is -0.121. The summed E-state index contributed by atoms with van der Waals surface area (Å²) >= 11 is 14.8. The molecule has 0 bridgehead atoms. The molecule has 1 heterocycles. The highest BCUT2D eigenvalue weighted by molar-refractivity contribution is 14.1. The number of thioether (sulfide) groups is 1. The first kappa shape index (κ1) is 17.7. The molecule has 1 aliphatic rings. The van der Waals surface area contributed by atoms with E-state index in [4.69, 9.17) is 23.8 Å². The zero-order valence-corrected chi connectivity index (χ0v) is 16.9. The van der Waals surface area contributed by atoms with Crippen molar-refractivity contribution in [3.8, 4) is 0 Å². The standard InChI is InChI=1S/C17H12ClIN2OS2/c18-12-3-7-14(8-4-12)20-10-21-16(22)15(24-17(21)23)9-11-1-5-13(19)6-2-11/h1-9,20H,10H2/b15-9-. The summed E-state index contributed by atoms with van der Waals surface area (Å²) in [6.45, 7) is 0.330. The van der Waals surface area contributed by atoms with E-state index in [-0.39, 0.29) is 5.91 Å². The number of halogens is 2. The molecule has 2 aromatic carbocycles. The van der Waals surface area contributed by atoms with Crippen LogP contribution in [0.5, 0.6) is 0 Å². The molecular weight excluding hydrogens is 475 g/mol. The van der Waals surface area contributed by atoms with Gasteiger partial charge in [-0.2, -0.15) is 0 Å². The number of hydrogen-bond donors (Lipinski definition) is 1. The average Bonchev–Trinajstić information content (AvgIpc) is 2.83. The van der Waals surface area contributed by atoms with Gasteiger partial charge in [-0.3, -0.25) is 9.69 Å². The second-order valence-electron chi connectivity index (χ2n) is 5.00. The van der Waals surface area contributed by atoms with Crippen LogP contribution in [0.4, 0.5) is 5.69 Å². The number of benzene rings is 2. The van der Waals surface area contributed by atoms with Crippen LogP contribution >= 0.6 is 58.2 Å². The summed E-state index contributed by atoms with van der Waals surface area (Å²) in [6, 6.07) is 15.3. The maximum absolute atomic E-state index is 12.5. The van der Waals surface area contributed by atoms with E-state index < -0.39 is 0 Å². The topological polar surface area (TPSA) is 32.3 Å². The van der Waals surface area contributed by atoms with E-state index in [1.165, 1.54) is 11.8 Å². The third-order valence-electron chi connectivity index (χ3n) is 3.33. The van der Waals surface area contributed by atoms with Gasteiger partial charge in [0.25, 0.3) is 5.91 Å². The molecule has 3 rings (SSSR count). The lowest BCUT2D eigenvalue weighted by Gasteiger charge is -2.16. The van der Waals surface area contributed by atoms with Crippen molar-refractivity contribution in [2.45, 2.75) is 0 Å². The molecule has 1 aliphatic heterocycles. The summed E-state index contributed by atoms with van der Waals surface area (Å²) in [6.07, 6.45) is 1.87. The van der Waals surface area contributed by atoms with Gasteiger partial charge in [-0.05, 0) is 70.6 Å². The summed E-state index contributed by atoms with van der Waals surface area (Å²) in [5.74, 6) is -0.0787. The van der Waals surface area contributed by atoms with Gasteiger partial charge in [-0.15, -0.1) is 0 Å². The summed E-state index contributed by atoms with van der Waals surface area (Å²) in [7, 11) is 0. The van der Waals surface area contributed by atoms with E-state index in [2.05, 4.69) is 27.9 Å². The van der Waals surface area contributed by atoms with Gasteiger partial charge in [0.05, 0.1) is 11.6 Å². The Bertz CT molecular complexity index is 806. The fraction of sp³-hybridized carbons (Fsp3) is 0.0588. The number of nitrogens with one attached hydrogen (secondary N) is 1. The lowest BCUT2D eigenvalue weighted by atomic mass is 10.2. The average molecular weight is 487 g/mol. The van der Waals surface area contributed by atoms with Crippen LogP contribution in [0.15, 0.2) is 53.4 Å². The maximum Gasteiger partial charge on any atom is 0.267 e. The van der Waals surface area contributed by atoms with Gasteiger partial charge >= 0.3 is 0 Å². The number of hydrogen-bond acceptors (Lipinski definition) is 4. The lowest BCUT2D eigenvalue weighted by Crippen LogP contribution is -2.33. The normalized spacial score (nSPS) is 16.1. The first-order valence-electron chi connectivity index (χ1n) is 7.03. The van der Waals surface area contributed by atoms with Crippen molar-refractivity contribution in [3.05, 3.63) is 67.6 Å². The highest BCUT2D eigenvalue weighted by Gasteiger charge is 2.31. The van der Waals surface area contributed by atoms with Crippen molar-refractivity contribution in [2.75, 3.05) is 12.0 Å². The molecule has 3 nitrogen and oxygen atoms in total. The van der Waals surface area contributed by atoms with Crippen LogP contribution in [0.2, 0.25) is 5.02 Å². The van der Waals surface area contributed by atoms with Crippen LogP contribution in [0.25, 0.3) is 6.08 Å². The Hall–Kier alpha value is -1.09. The van der Waals surface area contributed by atoms with Crippen LogP contribution in [0.1, 0.15) is 5.56 Å². The predicted molar refractivity (Wildman–Crippen MR) is 114 cm³/mol. The summed E-state index contributed by atoms with van der Waals surface area (Å²) in [4.78, 5) is 14.8. The zero-order valence-electron chi connectivity index (χ0n) is 12.3. The van der Waals surface area contributed by atoms with Crippen molar-refractivity contribution in [1.29, 1.82) is 0 Å². The van der Waals surface area contributed by atoms with Gasteiger partial charge in [-0.25, -0.2) is 0 Å². The first-order valence-corrected chi connectivity index (χ1v) is 9.71. The number of anilines is 1. The minimum absolute atomic E-state index is 0.0787. The van der Waals surface area contributed by atoms with E-state index in [0.717, 1.165) is 14.8 Å². The van der Waals surface area contributed by atoms with E-state index >= 15 is 0 Å². The minimum Gasteiger partial charge on any atom is -0.367 e. The van der Waals surface area contributed by atoms with Crippen LogP contribution in [0, 0.1) is 3.57 Å². The Kier molecular flexibility index (Phi) is 5.80. The Morgan fingerprint density at radius 2 is 1.83 bits per heavy atom. The molecular formula is C17H12ClIN2OS2. The predicted octanol–water partition coefficient (Wildman–Crippen LogP) is 5.22. The Labute approximate surface area is 168 Å². The second-order valence-corrected chi connectivity index (χ2v) is 8.36. The molecule has 0 spiro atoms. The smallest absolute Gasteiger partial charge is 0.267 e. The van der Waals surface area contributed by atoms with Crippen molar-refractivity contribution < 1.29 is 4.79 Å². The number of carbonyl (C=O) groups excluding carboxylic acids is 1. The molecule has 0 saturated carbocycles. The highest BCUT2D eigenvalue weighted by atomic mass is 127. The van der Waals surface area contributed by atoms with E-state index in [1.54, 1.807) is 17.0 Å².